The third-order valence-electron chi connectivity index (χ3n) is 4.04. The summed E-state index contributed by atoms with van der Waals surface area (Å²) in [4.78, 5) is 23.1. The first-order chi connectivity index (χ1) is 11.9. The van der Waals surface area contributed by atoms with Gasteiger partial charge in [-0.3, -0.25) is 4.79 Å². The van der Waals surface area contributed by atoms with Crippen LogP contribution in [0.15, 0.2) is 29.2 Å². The highest BCUT2D eigenvalue weighted by atomic mass is 32.2. The van der Waals surface area contributed by atoms with Gasteiger partial charge in [0.1, 0.15) is 5.75 Å². The first-order valence-electron chi connectivity index (χ1n) is 7.76. The van der Waals surface area contributed by atoms with E-state index in [1.54, 1.807) is 12.1 Å². The highest BCUT2D eigenvalue weighted by Gasteiger charge is 2.33. The molecule has 0 radical (unpaired) electrons. The highest BCUT2D eigenvalue weighted by molar-refractivity contribution is 7.89. The highest BCUT2D eigenvalue weighted by Crippen LogP contribution is 2.25. The van der Waals surface area contributed by atoms with Crippen LogP contribution in [-0.2, 0) is 29.1 Å². The lowest BCUT2D eigenvalue weighted by molar-refractivity contribution is -0.160. The van der Waals surface area contributed by atoms with Gasteiger partial charge in [0.25, 0.3) is 0 Å². The molecule has 1 heterocycles. The van der Waals surface area contributed by atoms with Crippen LogP contribution >= 0.6 is 0 Å². The summed E-state index contributed by atoms with van der Waals surface area (Å²) in [7, 11) is -0.900. The number of nitrogens with zero attached hydrogens (tertiary/aromatic N) is 1. The number of hydrogen-bond acceptors (Lipinski definition) is 7. The number of esters is 2. The Morgan fingerprint density at radius 2 is 1.72 bits per heavy atom. The van der Waals surface area contributed by atoms with E-state index in [4.69, 9.17) is 9.47 Å². The zero-order valence-electron chi connectivity index (χ0n) is 14.1. The molecule has 0 N–H and O–H groups in total. The van der Waals surface area contributed by atoms with Crippen LogP contribution in [0.1, 0.15) is 12.8 Å². The molecule has 1 aliphatic heterocycles. The molecule has 0 atom stereocenters. The van der Waals surface area contributed by atoms with Gasteiger partial charge in [-0.1, -0.05) is 0 Å². The van der Waals surface area contributed by atoms with E-state index in [0.29, 0.717) is 18.6 Å². The van der Waals surface area contributed by atoms with Crippen molar-refractivity contribution in [1.29, 1.82) is 0 Å². The molecular weight excluding hydrogens is 350 g/mol. The summed E-state index contributed by atoms with van der Waals surface area (Å²) in [6.07, 6.45) is 0.685. The van der Waals surface area contributed by atoms with E-state index in [1.807, 2.05) is 0 Å². The maximum absolute atomic E-state index is 12.6. The molecule has 1 aromatic rings. The minimum Gasteiger partial charge on any atom is -0.497 e. The Balaban J connectivity index is 1.94. The van der Waals surface area contributed by atoms with Gasteiger partial charge in [0.2, 0.25) is 10.0 Å². The summed E-state index contributed by atoms with van der Waals surface area (Å²) in [6.45, 7) is -0.00159. The van der Waals surface area contributed by atoms with Crippen LogP contribution < -0.4 is 4.74 Å². The van der Waals surface area contributed by atoms with Gasteiger partial charge in [0.15, 0.2) is 6.61 Å². The monoisotopic (exact) mass is 371 g/mol. The summed E-state index contributed by atoms with van der Waals surface area (Å²) in [6, 6.07) is 6.16. The van der Waals surface area contributed by atoms with Crippen LogP contribution in [0.5, 0.6) is 5.75 Å². The Kier molecular flexibility index (Phi) is 6.38. The van der Waals surface area contributed by atoms with E-state index < -0.39 is 34.5 Å². The molecule has 0 aliphatic carbocycles. The molecule has 0 spiro atoms. The number of carbonyl (C=O) groups excluding carboxylic acids is 2. The fourth-order valence-corrected chi connectivity index (χ4v) is 4.01. The largest absolute Gasteiger partial charge is 0.497 e. The van der Waals surface area contributed by atoms with Crippen molar-refractivity contribution in [2.45, 2.75) is 17.7 Å². The summed E-state index contributed by atoms with van der Waals surface area (Å²) < 4.78 is 40.9. The van der Waals surface area contributed by atoms with Crippen molar-refractivity contribution in [2.75, 3.05) is 33.9 Å². The van der Waals surface area contributed by atoms with Crippen molar-refractivity contribution in [3.8, 4) is 5.75 Å². The van der Waals surface area contributed by atoms with E-state index in [0.717, 1.165) is 0 Å². The van der Waals surface area contributed by atoms with Crippen molar-refractivity contribution < 1.29 is 32.2 Å². The number of rotatable bonds is 6. The molecule has 1 fully saturated rings. The van der Waals surface area contributed by atoms with Crippen LogP contribution in [0.4, 0.5) is 0 Å². The lowest BCUT2D eigenvalue weighted by Gasteiger charge is -2.30. The SMILES string of the molecule is COC(=O)COC(=O)C1CCN(S(=O)(=O)c2ccc(OC)cc2)CC1. The van der Waals surface area contributed by atoms with Crippen LogP contribution in [0.2, 0.25) is 0 Å². The fraction of sp³-hybridized carbons (Fsp3) is 0.500. The van der Waals surface area contributed by atoms with Crippen LogP contribution in [0.25, 0.3) is 0 Å². The molecule has 0 unspecified atom stereocenters. The van der Waals surface area contributed by atoms with Crippen LogP contribution in [-0.4, -0.2) is 58.6 Å². The third kappa shape index (κ3) is 4.70. The zero-order valence-corrected chi connectivity index (χ0v) is 15.0. The Hall–Kier alpha value is -2.13. The number of ether oxygens (including phenoxy) is 3. The van der Waals surface area contributed by atoms with Crippen LogP contribution in [0.3, 0.4) is 0 Å². The lowest BCUT2D eigenvalue weighted by atomic mass is 9.98. The number of methoxy groups -OCH3 is 2. The third-order valence-corrected chi connectivity index (χ3v) is 5.96. The summed E-state index contributed by atoms with van der Waals surface area (Å²) in [5.41, 5.74) is 0. The first kappa shape index (κ1) is 19.2. The van der Waals surface area contributed by atoms with Crippen molar-refractivity contribution in [1.82, 2.24) is 4.31 Å². The second-order valence-corrected chi connectivity index (χ2v) is 7.48. The quantitative estimate of drug-likeness (QED) is 0.682. The Morgan fingerprint density at radius 3 is 2.24 bits per heavy atom. The Bertz CT molecular complexity index is 707. The fourth-order valence-electron chi connectivity index (χ4n) is 2.54. The van der Waals surface area contributed by atoms with E-state index >= 15 is 0 Å². The van der Waals surface area contributed by atoms with Gasteiger partial charge in [-0.15, -0.1) is 0 Å². The number of sulfonamides is 1. The van der Waals surface area contributed by atoms with E-state index in [9.17, 15) is 18.0 Å². The van der Waals surface area contributed by atoms with Gasteiger partial charge in [-0.2, -0.15) is 4.31 Å². The van der Waals surface area contributed by atoms with Gasteiger partial charge in [-0.05, 0) is 37.1 Å². The van der Waals surface area contributed by atoms with Gasteiger partial charge < -0.3 is 14.2 Å². The van der Waals surface area contributed by atoms with E-state index in [1.165, 1.54) is 30.7 Å². The molecule has 0 amide bonds. The molecule has 8 nitrogen and oxygen atoms in total. The van der Waals surface area contributed by atoms with Gasteiger partial charge in [-0.25, -0.2) is 13.2 Å². The van der Waals surface area contributed by atoms with Crippen LogP contribution in [0, 0.1) is 5.92 Å². The predicted molar refractivity (Wildman–Crippen MR) is 87.5 cm³/mol. The topological polar surface area (TPSA) is 99.2 Å². The van der Waals surface area contributed by atoms with E-state index in [-0.39, 0.29) is 18.0 Å². The van der Waals surface area contributed by atoms with Crippen molar-refractivity contribution in [3.63, 3.8) is 0 Å². The molecule has 0 bridgehead atoms. The zero-order chi connectivity index (χ0) is 18.4. The van der Waals surface area contributed by atoms with Gasteiger partial charge in [0.05, 0.1) is 25.0 Å². The molecule has 1 aromatic carbocycles. The molecule has 9 heteroatoms. The minimum absolute atomic E-state index is 0.181. The molecule has 0 saturated carbocycles. The maximum atomic E-state index is 12.6. The van der Waals surface area contributed by atoms with Crippen molar-refractivity contribution in [2.24, 2.45) is 5.92 Å². The molecule has 1 saturated heterocycles. The first-order valence-corrected chi connectivity index (χ1v) is 9.20. The molecule has 2 rings (SSSR count). The number of carbonyl (C=O) groups is 2. The van der Waals surface area contributed by atoms with Gasteiger partial charge >= 0.3 is 11.9 Å². The normalized spacial score (nSPS) is 16.2. The minimum atomic E-state index is -3.61. The lowest BCUT2D eigenvalue weighted by Crippen LogP contribution is -2.40. The molecule has 25 heavy (non-hydrogen) atoms. The van der Waals surface area contributed by atoms with Crippen molar-refractivity contribution in [3.05, 3.63) is 24.3 Å². The summed E-state index contributed by atoms with van der Waals surface area (Å²) in [5.74, 6) is -0.988. The summed E-state index contributed by atoms with van der Waals surface area (Å²) >= 11 is 0. The number of hydrogen-bond donors (Lipinski definition) is 0. The smallest absolute Gasteiger partial charge is 0.344 e. The number of piperidine rings is 1. The summed E-state index contributed by atoms with van der Waals surface area (Å²) in [5, 5.41) is 0. The average molecular weight is 371 g/mol. The average Bonchev–Trinajstić information content (AvgIpc) is 2.65. The molecule has 1 aliphatic rings. The molecule has 138 valence electrons. The number of benzene rings is 1. The standard InChI is InChI=1S/C16H21NO7S/c1-22-13-3-5-14(6-4-13)25(20,21)17-9-7-12(8-10-17)16(19)24-11-15(18)23-2/h3-6,12H,7-11H2,1-2H3. The second kappa shape index (κ2) is 8.30. The van der Waals surface area contributed by atoms with Crippen molar-refractivity contribution >= 4 is 22.0 Å². The maximum Gasteiger partial charge on any atom is 0.344 e. The Labute approximate surface area is 146 Å². The molecular formula is C16H21NO7S. The van der Waals surface area contributed by atoms with E-state index in [2.05, 4.69) is 4.74 Å². The van der Waals surface area contributed by atoms with Gasteiger partial charge in [0, 0.05) is 13.1 Å². The molecule has 0 aromatic heterocycles. The Morgan fingerprint density at radius 1 is 1.12 bits per heavy atom. The second-order valence-electron chi connectivity index (χ2n) is 5.54. The predicted octanol–water partition coefficient (Wildman–Crippen LogP) is 0.812.